The third kappa shape index (κ3) is 3.51. The molecule has 0 aliphatic carbocycles. The topological polar surface area (TPSA) is 61.3 Å². The highest BCUT2D eigenvalue weighted by Gasteiger charge is 2.15. The van der Waals surface area contributed by atoms with Crippen LogP contribution in [0.5, 0.6) is 11.6 Å². The second kappa shape index (κ2) is 6.29. The average molecular weight is 323 g/mol. The van der Waals surface area contributed by atoms with Gasteiger partial charge in [-0.25, -0.2) is 9.78 Å². The normalized spacial score (nSPS) is 10.0. The third-order valence-corrected chi connectivity index (χ3v) is 2.59. The molecule has 0 saturated carbocycles. The van der Waals surface area contributed by atoms with E-state index in [1.807, 2.05) is 0 Å². The molecule has 98 valence electrons. The Labute approximate surface area is 118 Å². The fourth-order valence-corrected chi connectivity index (χ4v) is 1.74. The summed E-state index contributed by atoms with van der Waals surface area (Å²) in [7, 11) is 0. The maximum absolute atomic E-state index is 11.8. The van der Waals surface area contributed by atoms with Crippen LogP contribution in [0.15, 0.2) is 41.3 Å². The Morgan fingerprint density at radius 3 is 3.00 bits per heavy atom. The highest BCUT2D eigenvalue weighted by molar-refractivity contribution is 9.10. The van der Waals surface area contributed by atoms with Crippen LogP contribution in [0.4, 0.5) is 0 Å². The van der Waals surface area contributed by atoms with E-state index in [1.54, 1.807) is 37.5 Å². The molecule has 0 radical (unpaired) electrons. The molecule has 5 nitrogen and oxygen atoms in total. The van der Waals surface area contributed by atoms with Crippen LogP contribution >= 0.6 is 15.9 Å². The van der Waals surface area contributed by atoms with Crippen LogP contribution in [0.1, 0.15) is 17.3 Å². The molecule has 0 bridgehead atoms. The zero-order valence-electron chi connectivity index (χ0n) is 10.2. The number of nitrogens with zero attached hydrogens (tertiary/aromatic N) is 2. The molecule has 0 aliphatic rings. The molecule has 0 fully saturated rings. The fourth-order valence-electron chi connectivity index (χ4n) is 1.40. The Hall–Kier alpha value is -1.95. The first-order valence-electron chi connectivity index (χ1n) is 5.61. The van der Waals surface area contributed by atoms with Crippen LogP contribution < -0.4 is 4.74 Å². The second-order valence-electron chi connectivity index (χ2n) is 3.52. The third-order valence-electron chi connectivity index (χ3n) is 2.16. The van der Waals surface area contributed by atoms with Crippen molar-refractivity contribution in [2.45, 2.75) is 6.92 Å². The molecule has 6 heteroatoms. The van der Waals surface area contributed by atoms with E-state index in [-0.39, 0.29) is 11.4 Å². The lowest BCUT2D eigenvalue weighted by atomic mass is 10.3. The van der Waals surface area contributed by atoms with Gasteiger partial charge in [-0.1, -0.05) is 0 Å². The van der Waals surface area contributed by atoms with Gasteiger partial charge in [0.1, 0.15) is 11.3 Å². The zero-order valence-corrected chi connectivity index (χ0v) is 11.8. The predicted octanol–water partition coefficient (Wildman–Crippen LogP) is 3.21. The maximum Gasteiger partial charge on any atom is 0.343 e. The minimum Gasteiger partial charge on any atom is -0.462 e. The lowest BCUT2D eigenvalue weighted by molar-refractivity contribution is 0.0522. The van der Waals surface area contributed by atoms with Crippen molar-refractivity contribution >= 4 is 21.9 Å². The van der Waals surface area contributed by atoms with Crippen molar-refractivity contribution in [1.29, 1.82) is 0 Å². The van der Waals surface area contributed by atoms with E-state index in [0.29, 0.717) is 12.4 Å². The van der Waals surface area contributed by atoms with Crippen molar-refractivity contribution in [3.63, 3.8) is 0 Å². The van der Waals surface area contributed by atoms with E-state index in [0.717, 1.165) is 4.47 Å². The van der Waals surface area contributed by atoms with Gasteiger partial charge < -0.3 is 9.47 Å². The molecule has 0 N–H and O–H groups in total. The summed E-state index contributed by atoms with van der Waals surface area (Å²) in [5.74, 6) is 0.216. The second-order valence-corrected chi connectivity index (χ2v) is 4.43. The van der Waals surface area contributed by atoms with Gasteiger partial charge in [0.05, 0.1) is 12.8 Å². The lowest BCUT2D eigenvalue weighted by Crippen LogP contribution is -2.07. The summed E-state index contributed by atoms with van der Waals surface area (Å²) < 4.78 is 11.3. The number of aromatic nitrogens is 2. The van der Waals surface area contributed by atoms with E-state index >= 15 is 0 Å². The molecule has 0 spiro atoms. The highest BCUT2D eigenvalue weighted by atomic mass is 79.9. The van der Waals surface area contributed by atoms with Gasteiger partial charge in [-0.05, 0) is 41.1 Å². The predicted molar refractivity (Wildman–Crippen MR) is 72.2 cm³/mol. The lowest BCUT2D eigenvalue weighted by Gasteiger charge is -2.08. The van der Waals surface area contributed by atoms with Gasteiger partial charge >= 0.3 is 5.97 Å². The molecule has 2 heterocycles. The number of ether oxygens (including phenoxy) is 2. The first kappa shape index (κ1) is 13.5. The van der Waals surface area contributed by atoms with Crippen LogP contribution in [-0.2, 0) is 4.74 Å². The van der Waals surface area contributed by atoms with Gasteiger partial charge in [0.15, 0.2) is 0 Å². The van der Waals surface area contributed by atoms with Crippen molar-refractivity contribution in [2.24, 2.45) is 0 Å². The summed E-state index contributed by atoms with van der Waals surface area (Å²) in [6, 6.07) is 4.99. The largest absolute Gasteiger partial charge is 0.462 e. The Bertz CT molecular complexity index is 590. The Morgan fingerprint density at radius 1 is 1.42 bits per heavy atom. The van der Waals surface area contributed by atoms with Gasteiger partial charge in [0.25, 0.3) is 0 Å². The number of hydrogen-bond donors (Lipinski definition) is 0. The minimum absolute atomic E-state index is 0.195. The van der Waals surface area contributed by atoms with Crippen LogP contribution in [0.2, 0.25) is 0 Å². The van der Waals surface area contributed by atoms with Gasteiger partial charge in [0.2, 0.25) is 5.88 Å². The molecular formula is C13H11BrN2O3. The molecule has 0 saturated heterocycles. The van der Waals surface area contributed by atoms with Crippen LogP contribution in [0, 0.1) is 0 Å². The molecular weight excluding hydrogens is 312 g/mol. The first-order valence-corrected chi connectivity index (χ1v) is 6.40. The minimum atomic E-state index is -0.464. The quantitative estimate of drug-likeness (QED) is 0.809. The number of esters is 1. The number of carbonyl (C=O) groups excluding carboxylic acids is 1. The Morgan fingerprint density at radius 2 is 2.26 bits per heavy atom. The smallest absolute Gasteiger partial charge is 0.343 e. The number of rotatable bonds is 4. The van der Waals surface area contributed by atoms with Crippen molar-refractivity contribution < 1.29 is 14.3 Å². The first-order chi connectivity index (χ1) is 9.20. The summed E-state index contributed by atoms with van der Waals surface area (Å²) in [5.41, 5.74) is 0.282. The van der Waals surface area contributed by atoms with Crippen molar-refractivity contribution in [2.75, 3.05) is 6.61 Å². The summed E-state index contributed by atoms with van der Waals surface area (Å²) in [6.07, 6.45) is 4.72. The van der Waals surface area contributed by atoms with Crippen LogP contribution in [-0.4, -0.2) is 22.5 Å². The molecule has 2 rings (SSSR count). The maximum atomic E-state index is 11.8. The van der Waals surface area contributed by atoms with Gasteiger partial charge in [0, 0.05) is 16.9 Å². The van der Waals surface area contributed by atoms with Crippen molar-refractivity contribution in [1.82, 2.24) is 9.97 Å². The number of pyridine rings is 2. The molecule has 0 aromatic carbocycles. The van der Waals surface area contributed by atoms with Crippen molar-refractivity contribution in [3.05, 3.63) is 46.8 Å². The van der Waals surface area contributed by atoms with E-state index in [1.165, 1.54) is 6.20 Å². The summed E-state index contributed by atoms with van der Waals surface area (Å²) in [4.78, 5) is 19.8. The number of halogens is 1. The van der Waals surface area contributed by atoms with E-state index in [2.05, 4.69) is 25.9 Å². The van der Waals surface area contributed by atoms with E-state index in [9.17, 15) is 4.79 Å². The number of hydrogen-bond acceptors (Lipinski definition) is 5. The molecule has 19 heavy (non-hydrogen) atoms. The van der Waals surface area contributed by atoms with Gasteiger partial charge in [-0.2, -0.15) is 0 Å². The fraction of sp³-hybridized carbons (Fsp3) is 0.154. The van der Waals surface area contributed by atoms with Gasteiger partial charge in [-0.3, -0.25) is 4.98 Å². The molecule has 0 aliphatic heterocycles. The van der Waals surface area contributed by atoms with E-state index in [4.69, 9.17) is 9.47 Å². The summed E-state index contributed by atoms with van der Waals surface area (Å²) in [5, 5.41) is 0. The number of carbonyl (C=O) groups is 1. The van der Waals surface area contributed by atoms with Gasteiger partial charge in [-0.15, -0.1) is 0 Å². The average Bonchev–Trinajstić information content (AvgIpc) is 2.39. The molecule has 0 unspecified atom stereocenters. The van der Waals surface area contributed by atoms with Crippen molar-refractivity contribution in [3.8, 4) is 11.6 Å². The monoisotopic (exact) mass is 322 g/mol. The van der Waals surface area contributed by atoms with Crippen LogP contribution in [0.25, 0.3) is 0 Å². The van der Waals surface area contributed by atoms with Crippen LogP contribution in [0.3, 0.4) is 0 Å². The summed E-state index contributed by atoms with van der Waals surface area (Å²) >= 11 is 3.29. The molecule has 0 amide bonds. The summed E-state index contributed by atoms with van der Waals surface area (Å²) in [6.45, 7) is 2.04. The van der Waals surface area contributed by atoms with E-state index < -0.39 is 5.97 Å². The molecule has 2 aromatic heterocycles. The highest BCUT2D eigenvalue weighted by Crippen LogP contribution is 2.24. The Balaban J connectivity index is 2.27. The molecule has 2 aromatic rings. The molecule has 0 atom stereocenters. The zero-order chi connectivity index (χ0) is 13.7. The SMILES string of the molecule is CCOC(=O)c1cccnc1Oc1cncc(Br)c1. The Kier molecular flexibility index (Phi) is 4.46. The standard InChI is InChI=1S/C13H11BrN2O3/c1-2-18-13(17)11-4-3-5-16-12(11)19-10-6-9(14)7-15-8-10/h3-8H,2H2,1H3.